The molecule has 0 amide bonds. The van der Waals surface area contributed by atoms with Gasteiger partial charge < -0.3 is 10.2 Å². The van der Waals surface area contributed by atoms with Crippen LogP contribution in [0.5, 0.6) is 0 Å². The molecular weight excluding hydrogens is 238 g/mol. The zero-order valence-electron chi connectivity index (χ0n) is 8.12. The molecule has 0 spiro atoms. The molecule has 0 aliphatic carbocycles. The molecule has 0 bridgehead atoms. The van der Waals surface area contributed by atoms with Gasteiger partial charge in [0.25, 0.3) is 10.0 Å². The van der Waals surface area contributed by atoms with Crippen molar-refractivity contribution in [2.24, 2.45) is 0 Å². The maximum Gasteiger partial charge on any atom is 0.321 e. The van der Waals surface area contributed by atoms with E-state index in [4.69, 9.17) is 10.2 Å². The molecule has 0 radical (unpaired) electrons. The summed E-state index contributed by atoms with van der Waals surface area (Å²) in [6.45, 7) is -0.428. The Balaban J connectivity index is 2.82. The number of H-pyrrole nitrogens is 1. The molecule has 1 aromatic heterocycles. The molecule has 1 heterocycles. The average Bonchev–Trinajstić information content (AvgIpc) is 2.69. The van der Waals surface area contributed by atoms with Crippen LogP contribution in [0.25, 0.3) is 0 Å². The summed E-state index contributed by atoms with van der Waals surface area (Å²) in [4.78, 5) is 10.7. The topological polar surface area (TPSA) is 132 Å². The highest BCUT2D eigenvalue weighted by atomic mass is 32.2. The monoisotopic (exact) mass is 249 g/mol. The molecule has 1 aromatic rings. The molecule has 0 fully saturated rings. The van der Waals surface area contributed by atoms with Crippen molar-refractivity contribution in [3.05, 3.63) is 12.3 Å². The van der Waals surface area contributed by atoms with Crippen LogP contribution in [-0.2, 0) is 14.8 Å². The summed E-state index contributed by atoms with van der Waals surface area (Å²) >= 11 is 0. The molecule has 8 nitrogen and oxygen atoms in total. The maximum atomic E-state index is 11.6. The van der Waals surface area contributed by atoms with Gasteiger partial charge in [0.1, 0.15) is 6.04 Å². The number of nitrogens with one attached hydrogen (secondary N) is 2. The highest BCUT2D eigenvalue weighted by molar-refractivity contribution is 7.89. The van der Waals surface area contributed by atoms with Crippen molar-refractivity contribution >= 4 is 16.0 Å². The van der Waals surface area contributed by atoms with Crippen LogP contribution < -0.4 is 4.72 Å². The van der Waals surface area contributed by atoms with Gasteiger partial charge in [-0.2, -0.15) is 9.82 Å². The number of aliphatic hydroxyl groups excluding tert-OH is 1. The minimum Gasteiger partial charge on any atom is -0.480 e. The van der Waals surface area contributed by atoms with E-state index in [0.717, 1.165) is 0 Å². The van der Waals surface area contributed by atoms with E-state index in [1.165, 1.54) is 12.3 Å². The molecule has 0 aromatic carbocycles. The van der Waals surface area contributed by atoms with Crippen LogP contribution in [0.1, 0.15) is 6.42 Å². The Labute approximate surface area is 91.3 Å². The summed E-state index contributed by atoms with van der Waals surface area (Å²) in [6.07, 6.45) is 1.03. The van der Waals surface area contributed by atoms with Crippen LogP contribution in [0.3, 0.4) is 0 Å². The standard InChI is InChI=1S/C7H11N3O5S/c11-4-2-5(7(12)13)10-16(14,15)6-1-3-8-9-6/h1,3,5,10-11H,2,4H2,(H,8,9)(H,12,13)/t5-/m1/s1. The van der Waals surface area contributed by atoms with Crippen molar-refractivity contribution < 1.29 is 23.4 Å². The number of carboxylic acids is 1. The molecular formula is C7H11N3O5S. The number of hydrogen-bond acceptors (Lipinski definition) is 5. The lowest BCUT2D eigenvalue weighted by Crippen LogP contribution is -2.41. The lowest BCUT2D eigenvalue weighted by Gasteiger charge is -2.12. The zero-order chi connectivity index (χ0) is 12.2. The van der Waals surface area contributed by atoms with Crippen molar-refractivity contribution in [3.8, 4) is 0 Å². The van der Waals surface area contributed by atoms with Gasteiger partial charge in [-0.3, -0.25) is 9.89 Å². The van der Waals surface area contributed by atoms with Crippen molar-refractivity contribution in [1.82, 2.24) is 14.9 Å². The average molecular weight is 249 g/mol. The fourth-order valence-corrected chi connectivity index (χ4v) is 2.14. The molecule has 16 heavy (non-hydrogen) atoms. The predicted octanol–water partition coefficient (Wildman–Crippen LogP) is -1.48. The molecule has 9 heteroatoms. The summed E-state index contributed by atoms with van der Waals surface area (Å²) in [5, 5.41) is 22.7. The normalized spacial score (nSPS) is 13.6. The summed E-state index contributed by atoms with van der Waals surface area (Å²) in [5.74, 6) is -1.35. The van der Waals surface area contributed by atoms with Gasteiger partial charge in [-0.05, 0) is 12.5 Å². The second kappa shape index (κ2) is 5.05. The third-order valence-corrected chi connectivity index (χ3v) is 3.18. The molecule has 1 atom stereocenters. The van der Waals surface area contributed by atoms with E-state index in [1.807, 2.05) is 4.72 Å². The number of aromatic amines is 1. The Morgan fingerprint density at radius 3 is 2.75 bits per heavy atom. The van der Waals surface area contributed by atoms with Crippen LogP contribution in [-0.4, -0.2) is 47.4 Å². The Hall–Kier alpha value is -1.45. The smallest absolute Gasteiger partial charge is 0.321 e. The number of nitrogens with zero attached hydrogens (tertiary/aromatic N) is 1. The molecule has 90 valence electrons. The highest BCUT2D eigenvalue weighted by Gasteiger charge is 2.25. The largest absolute Gasteiger partial charge is 0.480 e. The van der Waals surface area contributed by atoms with Gasteiger partial charge in [-0.25, -0.2) is 8.42 Å². The van der Waals surface area contributed by atoms with Gasteiger partial charge in [0, 0.05) is 6.61 Å². The quantitative estimate of drug-likeness (QED) is 0.486. The molecule has 0 aliphatic rings. The lowest BCUT2D eigenvalue weighted by molar-refractivity contribution is -0.139. The van der Waals surface area contributed by atoms with E-state index < -0.39 is 28.6 Å². The number of aromatic nitrogens is 2. The second-order valence-electron chi connectivity index (χ2n) is 2.95. The van der Waals surface area contributed by atoms with Gasteiger partial charge in [0.2, 0.25) is 0 Å². The lowest BCUT2D eigenvalue weighted by atomic mass is 10.2. The maximum absolute atomic E-state index is 11.6. The van der Waals surface area contributed by atoms with Crippen molar-refractivity contribution in [1.29, 1.82) is 0 Å². The predicted molar refractivity (Wildman–Crippen MR) is 52.0 cm³/mol. The first-order chi connectivity index (χ1) is 7.47. The fraction of sp³-hybridized carbons (Fsp3) is 0.429. The number of rotatable bonds is 6. The zero-order valence-corrected chi connectivity index (χ0v) is 8.94. The van der Waals surface area contributed by atoms with E-state index in [1.54, 1.807) is 0 Å². The first kappa shape index (κ1) is 12.6. The van der Waals surface area contributed by atoms with Crippen LogP contribution in [0.4, 0.5) is 0 Å². The van der Waals surface area contributed by atoms with Crippen molar-refractivity contribution in [3.63, 3.8) is 0 Å². The fourth-order valence-electron chi connectivity index (χ4n) is 1.01. The number of carboxylic acid groups (broad SMARTS) is 1. The van der Waals surface area contributed by atoms with Crippen molar-refractivity contribution in [2.45, 2.75) is 17.5 Å². The van der Waals surface area contributed by atoms with Gasteiger partial charge >= 0.3 is 5.97 Å². The molecule has 0 saturated heterocycles. The van der Waals surface area contributed by atoms with E-state index in [-0.39, 0.29) is 11.4 Å². The van der Waals surface area contributed by atoms with Crippen LogP contribution >= 0.6 is 0 Å². The third kappa shape index (κ3) is 3.02. The van der Waals surface area contributed by atoms with E-state index in [2.05, 4.69) is 10.2 Å². The van der Waals surface area contributed by atoms with Gasteiger partial charge in [-0.15, -0.1) is 0 Å². The molecule has 4 N–H and O–H groups in total. The summed E-state index contributed by atoms with van der Waals surface area (Å²) in [5.41, 5.74) is 0. The third-order valence-electron chi connectivity index (χ3n) is 1.78. The highest BCUT2D eigenvalue weighted by Crippen LogP contribution is 2.05. The molecule has 0 unspecified atom stereocenters. The number of sulfonamides is 1. The van der Waals surface area contributed by atoms with Crippen LogP contribution in [0.15, 0.2) is 17.3 Å². The van der Waals surface area contributed by atoms with Crippen LogP contribution in [0.2, 0.25) is 0 Å². The SMILES string of the molecule is O=C(O)[C@@H](CCO)NS(=O)(=O)c1ccn[nH]1. The van der Waals surface area contributed by atoms with Crippen molar-refractivity contribution in [2.75, 3.05) is 6.61 Å². The first-order valence-electron chi connectivity index (χ1n) is 4.32. The number of hydrogen-bond donors (Lipinski definition) is 4. The molecule has 0 saturated carbocycles. The minimum absolute atomic E-state index is 0.206. The van der Waals surface area contributed by atoms with E-state index in [0.29, 0.717) is 0 Å². The Morgan fingerprint density at radius 2 is 2.31 bits per heavy atom. The van der Waals surface area contributed by atoms with E-state index >= 15 is 0 Å². The van der Waals surface area contributed by atoms with Crippen LogP contribution in [0, 0.1) is 0 Å². The second-order valence-corrected chi connectivity index (χ2v) is 4.63. The Bertz CT molecular complexity index is 441. The number of aliphatic hydroxyl groups is 1. The Morgan fingerprint density at radius 1 is 1.62 bits per heavy atom. The minimum atomic E-state index is -3.94. The summed E-state index contributed by atoms with van der Waals surface area (Å²) in [7, 11) is -3.94. The molecule has 0 aliphatic heterocycles. The number of carbonyl (C=O) groups is 1. The summed E-state index contributed by atoms with van der Waals surface area (Å²) in [6, 6.07) is -0.168. The van der Waals surface area contributed by atoms with Gasteiger partial charge in [0.15, 0.2) is 5.03 Å². The Kier molecular flexibility index (Phi) is 3.99. The molecule has 1 rings (SSSR count). The first-order valence-corrected chi connectivity index (χ1v) is 5.81. The summed E-state index contributed by atoms with van der Waals surface area (Å²) < 4.78 is 25.0. The van der Waals surface area contributed by atoms with Gasteiger partial charge in [-0.1, -0.05) is 0 Å². The number of aliphatic carboxylic acids is 1. The van der Waals surface area contributed by atoms with E-state index in [9.17, 15) is 13.2 Å². The van der Waals surface area contributed by atoms with Gasteiger partial charge in [0.05, 0.1) is 6.20 Å².